The van der Waals surface area contributed by atoms with E-state index in [0.717, 1.165) is 36.1 Å². The third kappa shape index (κ3) is 4.49. The number of ketones is 2. The van der Waals surface area contributed by atoms with Gasteiger partial charge in [0.05, 0.1) is 11.1 Å². The predicted molar refractivity (Wildman–Crippen MR) is 119 cm³/mol. The first-order valence-electron chi connectivity index (χ1n) is 10.2. The van der Waals surface area contributed by atoms with Crippen LogP contribution in [0, 0.1) is 0 Å². The highest BCUT2D eigenvalue weighted by Gasteiger charge is 2.26. The van der Waals surface area contributed by atoms with Crippen molar-refractivity contribution in [2.75, 3.05) is 0 Å². The molecule has 3 rings (SSSR count). The predicted octanol–water partition coefficient (Wildman–Crippen LogP) is 4.67. The average molecular weight is 430 g/mol. The first-order chi connectivity index (χ1) is 15.3. The van der Waals surface area contributed by atoms with Crippen LogP contribution in [0.2, 0.25) is 0 Å². The molecule has 0 aromatic heterocycles. The van der Waals surface area contributed by atoms with E-state index in [-0.39, 0.29) is 22.3 Å². The maximum Gasteiger partial charge on any atom is 0.336 e. The van der Waals surface area contributed by atoms with Crippen molar-refractivity contribution in [3.05, 3.63) is 105 Å². The third-order valence-electron chi connectivity index (χ3n) is 5.36. The molecule has 32 heavy (non-hydrogen) atoms. The number of rotatable bonds is 8. The fourth-order valence-corrected chi connectivity index (χ4v) is 3.42. The van der Waals surface area contributed by atoms with Crippen LogP contribution in [0.4, 0.5) is 0 Å². The fraction of sp³-hybridized carbons (Fsp3) is 0.154. The number of hydrogen-bond acceptors (Lipinski definition) is 4. The molecule has 0 atom stereocenters. The lowest BCUT2D eigenvalue weighted by atomic mass is 9.89. The van der Waals surface area contributed by atoms with Crippen molar-refractivity contribution in [2.24, 2.45) is 0 Å². The second-order valence-electron chi connectivity index (χ2n) is 7.31. The molecular weight excluding hydrogens is 408 g/mol. The molecule has 0 aliphatic rings. The minimum Gasteiger partial charge on any atom is -0.478 e. The van der Waals surface area contributed by atoms with Crippen LogP contribution >= 0.6 is 0 Å². The number of benzene rings is 3. The molecule has 0 aliphatic carbocycles. The van der Waals surface area contributed by atoms with Gasteiger partial charge in [-0.05, 0) is 36.1 Å². The summed E-state index contributed by atoms with van der Waals surface area (Å²) in [7, 11) is 0. The average Bonchev–Trinajstić information content (AvgIpc) is 2.82. The standard InChI is InChI=1S/C26H22O6/c1-3-15-5-9-17(10-6-15)23(27)19-13-20(22(26(31)32)14-21(19)25(29)30)24(28)18-11-7-16(4-2)8-12-18/h5-14H,3-4H2,1-2H3,(H,29,30)(H,31,32). The minimum atomic E-state index is -1.45. The smallest absolute Gasteiger partial charge is 0.336 e. The Morgan fingerprint density at radius 1 is 0.562 bits per heavy atom. The quantitative estimate of drug-likeness (QED) is 0.503. The molecule has 0 heterocycles. The van der Waals surface area contributed by atoms with Crippen LogP contribution < -0.4 is 0 Å². The fourth-order valence-electron chi connectivity index (χ4n) is 3.42. The Bertz CT molecular complexity index is 1110. The first-order valence-corrected chi connectivity index (χ1v) is 10.2. The monoisotopic (exact) mass is 430 g/mol. The van der Waals surface area contributed by atoms with E-state index in [1.165, 1.54) is 0 Å². The Hall–Kier alpha value is -4.06. The minimum absolute atomic E-state index is 0.236. The molecule has 0 bridgehead atoms. The summed E-state index contributed by atoms with van der Waals surface area (Å²) in [6, 6.07) is 15.4. The summed E-state index contributed by atoms with van der Waals surface area (Å²) < 4.78 is 0. The van der Waals surface area contributed by atoms with Gasteiger partial charge in [-0.25, -0.2) is 9.59 Å². The van der Waals surface area contributed by atoms with Crippen molar-refractivity contribution < 1.29 is 29.4 Å². The molecule has 0 unspecified atom stereocenters. The van der Waals surface area contributed by atoms with E-state index in [4.69, 9.17) is 0 Å². The Morgan fingerprint density at radius 2 is 0.875 bits per heavy atom. The second kappa shape index (κ2) is 9.39. The van der Waals surface area contributed by atoms with Crippen LogP contribution in [0.3, 0.4) is 0 Å². The van der Waals surface area contributed by atoms with Crippen LogP contribution in [0.25, 0.3) is 0 Å². The second-order valence-corrected chi connectivity index (χ2v) is 7.31. The zero-order chi connectivity index (χ0) is 23.4. The highest BCUT2D eigenvalue weighted by Crippen LogP contribution is 2.24. The van der Waals surface area contributed by atoms with Crippen molar-refractivity contribution in [1.29, 1.82) is 0 Å². The molecule has 0 amide bonds. The van der Waals surface area contributed by atoms with Gasteiger partial charge >= 0.3 is 11.9 Å². The summed E-state index contributed by atoms with van der Waals surface area (Å²) in [6.45, 7) is 3.93. The molecule has 3 aromatic carbocycles. The molecule has 0 aliphatic heterocycles. The van der Waals surface area contributed by atoms with Crippen molar-refractivity contribution >= 4 is 23.5 Å². The number of carboxylic acids is 2. The molecule has 0 fully saturated rings. The van der Waals surface area contributed by atoms with Gasteiger partial charge in [0.25, 0.3) is 0 Å². The number of aryl methyl sites for hydroxylation is 2. The topological polar surface area (TPSA) is 109 Å². The van der Waals surface area contributed by atoms with Crippen molar-refractivity contribution in [1.82, 2.24) is 0 Å². The van der Waals surface area contributed by atoms with Gasteiger partial charge in [0, 0.05) is 22.3 Å². The van der Waals surface area contributed by atoms with Gasteiger partial charge in [0.15, 0.2) is 11.6 Å². The first kappa shape index (κ1) is 22.6. The molecule has 0 spiro atoms. The van der Waals surface area contributed by atoms with Gasteiger partial charge < -0.3 is 10.2 Å². The summed E-state index contributed by atoms with van der Waals surface area (Å²) in [5, 5.41) is 19.2. The summed E-state index contributed by atoms with van der Waals surface area (Å²) in [5.41, 5.74) is 1.10. The van der Waals surface area contributed by atoms with Gasteiger partial charge in [0.2, 0.25) is 0 Å². The van der Waals surface area contributed by atoms with Crippen molar-refractivity contribution in [3.63, 3.8) is 0 Å². The number of carbonyl (C=O) groups excluding carboxylic acids is 2. The van der Waals surface area contributed by atoms with E-state index in [2.05, 4.69) is 0 Å². The van der Waals surface area contributed by atoms with Crippen LogP contribution in [0.1, 0.15) is 77.5 Å². The molecule has 0 saturated heterocycles. The van der Waals surface area contributed by atoms with Crippen LogP contribution in [0.15, 0.2) is 60.7 Å². The zero-order valence-electron chi connectivity index (χ0n) is 17.7. The number of aromatic carboxylic acids is 2. The van der Waals surface area contributed by atoms with Gasteiger partial charge in [-0.2, -0.15) is 0 Å². The Morgan fingerprint density at radius 3 is 1.16 bits per heavy atom. The van der Waals surface area contributed by atoms with Crippen molar-refractivity contribution in [3.8, 4) is 0 Å². The molecule has 6 heteroatoms. The molecule has 3 aromatic rings. The summed E-state index contributed by atoms with van der Waals surface area (Å²) >= 11 is 0. The normalized spacial score (nSPS) is 10.6. The molecule has 0 saturated carbocycles. The van der Waals surface area contributed by atoms with Gasteiger partial charge in [-0.3, -0.25) is 9.59 Å². The van der Waals surface area contributed by atoms with E-state index in [0.29, 0.717) is 0 Å². The van der Waals surface area contributed by atoms with E-state index in [1.807, 2.05) is 13.8 Å². The lowest BCUT2D eigenvalue weighted by molar-refractivity contribution is 0.0690. The number of carbonyl (C=O) groups is 4. The lowest BCUT2D eigenvalue weighted by Crippen LogP contribution is -2.17. The summed E-state index contributed by atoms with van der Waals surface area (Å²) in [5.74, 6) is -4.10. The highest BCUT2D eigenvalue weighted by molar-refractivity contribution is 6.19. The Balaban J connectivity index is 2.17. The Kier molecular flexibility index (Phi) is 6.64. The SMILES string of the molecule is CCc1ccc(C(=O)c2cc(C(=O)c3ccc(CC)cc3)c(C(=O)O)cc2C(=O)O)cc1. The molecule has 2 N–H and O–H groups in total. The van der Waals surface area contributed by atoms with Gasteiger partial charge in [0.1, 0.15) is 0 Å². The van der Waals surface area contributed by atoms with Crippen LogP contribution in [-0.2, 0) is 12.8 Å². The maximum atomic E-state index is 13.1. The molecule has 0 radical (unpaired) electrons. The summed E-state index contributed by atoms with van der Waals surface area (Å²) in [4.78, 5) is 49.9. The third-order valence-corrected chi connectivity index (χ3v) is 5.36. The highest BCUT2D eigenvalue weighted by atomic mass is 16.4. The lowest BCUT2D eigenvalue weighted by Gasteiger charge is -2.12. The summed E-state index contributed by atoms with van der Waals surface area (Å²) in [6.07, 6.45) is 1.55. The number of carboxylic acid groups (broad SMARTS) is 2. The van der Waals surface area contributed by atoms with E-state index >= 15 is 0 Å². The van der Waals surface area contributed by atoms with E-state index < -0.39 is 34.6 Å². The molecule has 162 valence electrons. The Labute approximate surface area is 185 Å². The molecule has 6 nitrogen and oxygen atoms in total. The van der Waals surface area contributed by atoms with E-state index in [1.54, 1.807) is 48.5 Å². The maximum absolute atomic E-state index is 13.1. The molecular formula is C26H22O6. The van der Waals surface area contributed by atoms with Gasteiger partial charge in [-0.1, -0.05) is 62.4 Å². The van der Waals surface area contributed by atoms with Crippen LogP contribution in [0.5, 0.6) is 0 Å². The van der Waals surface area contributed by atoms with Gasteiger partial charge in [-0.15, -0.1) is 0 Å². The van der Waals surface area contributed by atoms with E-state index in [9.17, 15) is 29.4 Å². The largest absolute Gasteiger partial charge is 0.478 e. The van der Waals surface area contributed by atoms with Crippen LogP contribution in [-0.4, -0.2) is 33.7 Å². The number of hydrogen-bond donors (Lipinski definition) is 2. The zero-order valence-corrected chi connectivity index (χ0v) is 17.7. The van der Waals surface area contributed by atoms with Crippen molar-refractivity contribution in [2.45, 2.75) is 26.7 Å².